The van der Waals surface area contributed by atoms with E-state index in [9.17, 15) is 0 Å². The number of benzene rings is 1. The normalized spacial score (nSPS) is 10.6. The van der Waals surface area contributed by atoms with Crippen LogP contribution in [-0.2, 0) is 0 Å². The van der Waals surface area contributed by atoms with Crippen LogP contribution in [0.5, 0.6) is 0 Å². The van der Waals surface area contributed by atoms with E-state index in [-0.39, 0.29) is 10.3 Å². The van der Waals surface area contributed by atoms with Crippen LogP contribution in [-0.4, -0.2) is 9.97 Å². The third kappa shape index (κ3) is 2.74. The van der Waals surface area contributed by atoms with Gasteiger partial charge in [0, 0.05) is 10.6 Å². The molecule has 2 aromatic rings. The van der Waals surface area contributed by atoms with Crippen molar-refractivity contribution in [1.29, 1.82) is 0 Å². The first-order valence-corrected chi connectivity index (χ1v) is 6.57. The van der Waals surface area contributed by atoms with Gasteiger partial charge in [-0.15, -0.1) is 0 Å². The van der Waals surface area contributed by atoms with Crippen LogP contribution in [0.3, 0.4) is 0 Å². The molecule has 17 heavy (non-hydrogen) atoms. The molecule has 1 aromatic carbocycles. The first-order chi connectivity index (χ1) is 7.99. The van der Waals surface area contributed by atoms with Crippen molar-refractivity contribution in [3.63, 3.8) is 0 Å². The maximum atomic E-state index is 6.04. The molecule has 0 N–H and O–H groups in total. The van der Waals surface area contributed by atoms with Gasteiger partial charge in [0.2, 0.25) is 0 Å². The standard InChI is InChI=1S/C11H6BrCl3N2/c1-5-2-3-6(4-7(5)13)11-16-9(14)8(12)10(15)17-11/h2-4H,1H3. The zero-order valence-corrected chi connectivity index (χ0v) is 12.5. The van der Waals surface area contributed by atoms with Crippen LogP contribution in [0.4, 0.5) is 0 Å². The number of aromatic nitrogens is 2. The van der Waals surface area contributed by atoms with Gasteiger partial charge in [-0.25, -0.2) is 9.97 Å². The van der Waals surface area contributed by atoms with Gasteiger partial charge in [0.05, 0.1) is 4.47 Å². The molecule has 2 rings (SSSR count). The topological polar surface area (TPSA) is 25.8 Å². The fraction of sp³-hybridized carbons (Fsp3) is 0.0909. The Kier molecular flexibility index (Phi) is 3.93. The van der Waals surface area contributed by atoms with Crippen molar-refractivity contribution in [2.75, 3.05) is 0 Å². The number of rotatable bonds is 1. The first kappa shape index (κ1) is 13.1. The molecule has 0 amide bonds. The summed E-state index contributed by atoms with van der Waals surface area (Å²) in [6.45, 7) is 1.93. The van der Waals surface area contributed by atoms with Crippen LogP contribution in [0.1, 0.15) is 5.56 Å². The highest BCUT2D eigenvalue weighted by atomic mass is 79.9. The Hall–Kier alpha value is -0.350. The average Bonchev–Trinajstić information content (AvgIpc) is 2.29. The third-order valence-electron chi connectivity index (χ3n) is 2.20. The van der Waals surface area contributed by atoms with Crippen LogP contribution in [0.25, 0.3) is 11.4 Å². The summed E-state index contributed by atoms with van der Waals surface area (Å²) in [6.07, 6.45) is 0. The minimum Gasteiger partial charge on any atom is -0.215 e. The van der Waals surface area contributed by atoms with Crippen LogP contribution >= 0.6 is 50.7 Å². The molecule has 0 aliphatic heterocycles. The number of hydrogen-bond donors (Lipinski definition) is 0. The summed E-state index contributed by atoms with van der Waals surface area (Å²) in [7, 11) is 0. The average molecular weight is 352 g/mol. The fourth-order valence-corrected chi connectivity index (χ4v) is 2.00. The summed E-state index contributed by atoms with van der Waals surface area (Å²) in [5, 5.41) is 1.20. The van der Waals surface area contributed by atoms with Gasteiger partial charge in [0.1, 0.15) is 10.3 Å². The lowest BCUT2D eigenvalue weighted by atomic mass is 10.1. The Morgan fingerprint density at radius 3 is 2.18 bits per heavy atom. The smallest absolute Gasteiger partial charge is 0.162 e. The summed E-state index contributed by atoms with van der Waals surface area (Å²) in [4.78, 5) is 8.28. The van der Waals surface area contributed by atoms with Crippen molar-refractivity contribution in [2.45, 2.75) is 6.92 Å². The quantitative estimate of drug-likeness (QED) is 0.661. The van der Waals surface area contributed by atoms with Gasteiger partial charge < -0.3 is 0 Å². The Balaban J connectivity index is 2.57. The van der Waals surface area contributed by atoms with E-state index in [1.165, 1.54) is 0 Å². The van der Waals surface area contributed by atoms with Gasteiger partial charge in [-0.3, -0.25) is 0 Å². The van der Waals surface area contributed by atoms with Crippen molar-refractivity contribution in [3.05, 3.63) is 43.6 Å². The van der Waals surface area contributed by atoms with Crippen molar-refractivity contribution in [2.24, 2.45) is 0 Å². The molecule has 0 fully saturated rings. The molecular weight excluding hydrogens is 346 g/mol. The minimum absolute atomic E-state index is 0.275. The van der Waals surface area contributed by atoms with E-state index in [1.807, 2.05) is 19.1 Å². The second kappa shape index (κ2) is 5.11. The number of aryl methyl sites for hydroxylation is 1. The molecule has 0 atom stereocenters. The maximum absolute atomic E-state index is 6.04. The Morgan fingerprint density at radius 1 is 1.06 bits per heavy atom. The summed E-state index contributed by atoms with van der Waals surface area (Å²) >= 11 is 21.1. The second-order valence-corrected chi connectivity index (χ2v) is 5.32. The predicted molar refractivity (Wildman–Crippen MR) is 74.9 cm³/mol. The molecule has 0 spiro atoms. The summed E-state index contributed by atoms with van der Waals surface area (Å²) < 4.78 is 0.489. The van der Waals surface area contributed by atoms with Crippen LogP contribution in [0, 0.1) is 6.92 Å². The predicted octanol–water partition coefficient (Wildman–Crippen LogP) is 5.17. The molecule has 6 heteroatoms. The Bertz CT molecular complexity index is 564. The largest absolute Gasteiger partial charge is 0.215 e. The first-order valence-electron chi connectivity index (χ1n) is 4.64. The van der Waals surface area contributed by atoms with E-state index >= 15 is 0 Å². The molecule has 0 saturated heterocycles. The lowest BCUT2D eigenvalue weighted by molar-refractivity contribution is 1.16. The fourth-order valence-electron chi connectivity index (χ4n) is 1.26. The number of halogens is 4. The van der Waals surface area contributed by atoms with Gasteiger partial charge >= 0.3 is 0 Å². The SMILES string of the molecule is Cc1ccc(-c2nc(Cl)c(Br)c(Cl)n2)cc1Cl. The molecule has 1 heterocycles. The highest BCUT2D eigenvalue weighted by molar-refractivity contribution is 9.10. The van der Waals surface area contributed by atoms with Gasteiger partial charge in [0.15, 0.2) is 5.82 Å². The number of nitrogens with zero attached hydrogens (tertiary/aromatic N) is 2. The van der Waals surface area contributed by atoms with E-state index in [4.69, 9.17) is 34.8 Å². The van der Waals surface area contributed by atoms with Gasteiger partial charge in [-0.1, -0.05) is 46.9 Å². The second-order valence-electron chi connectivity index (χ2n) is 3.41. The maximum Gasteiger partial charge on any atom is 0.162 e. The molecular formula is C11H6BrCl3N2. The monoisotopic (exact) mass is 350 g/mol. The summed E-state index contributed by atoms with van der Waals surface area (Å²) in [5.41, 5.74) is 1.77. The summed E-state index contributed by atoms with van der Waals surface area (Å²) in [5.74, 6) is 0.449. The zero-order chi connectivity index (χ0) is 12.6. The van der Waals surface area contributed by atoms with Gasteiger partial charge in [-0.05, 0) is 34.5 Å². The lowest BCUT2D eigenvalue weighted by Crippen LogP contribution is -1.92. The molecule has 0 saturated carbocycles. The molecule has 0 aliphatic rings. The Labute approximate surface area is 122 Å². The van der Waals surface area contributed by atoms with E-state index in [2.05, 4.69) is 25.9 Å². The van der Waals surface area contributed by atoms with Crippen molar-refractivity contribution < 1.29 is 0 Å². The molecule has 0 bridgehead atoms. The van der Waals surface area contributed by atoms with Crippen LogP contribution in [0.15, 0.2) is 22.7 Å². The molecule has 2 nitrogen and oxygen atoms in total. The van der Waals surface area contributed by atoms with Crippen LogP contribution in [0.2, 0.25) is 15.3 Å². The zero-order valence-electron chi connectivity index (χ0n) is 8.64. The number of hydrogen-bond acceptors (Lipinski definition) is 2. The van der Waals surface area contributed by atoms with E-state index in [1.54, 1.807) is 6.07 Å². The minimum atomic E-state index is 0.275. The van der Waals surface area contributed by atoms with E-state index < -0.39 is 0 Å². The van der Waals surface area contributed by atoms with Crippen molar-refractivity contribution in [1.82, 2.24) is 9.97 Å². The molecule has 1 aromatic heterocycles. The highest BCUT2D eigenvalue weighted by Crippen LogP contribution is 2.31. The molecule has 0 unspecified atom stereocenters. The Morgan fingerprint density at radius 2 is 1.65 bits per heavy atom. The van der Waals surface area contributed by atoms with Crippen molar-refractivity contribution in [3.8, 4) is 11.4 Å². The molecule has 88 valence electrons. The summed E-state index contributed by atoms with van der Waals surface area (Å²) in [6, 6.07) is 5.55. The van der Waals surface area contributed by atoms with Crippen LogP contribution < -0.4 is 0 Å². The van der Waals surface area contributed by atoms with Gasteiger partial charge in [0.25, 0.3) is 0 Å². The third-order valence-corrected chi connectivity index (χ3v) is 4.36. The highest BCUT2D eigenvalue weighted by Gasteiger charge is 2.11. The lowest BCUT2D eigenvalue weighted by Gasteiger charge is -2.05. The molecule has 0 radical (unpaired) electrons. The van der Waals surface area contributed by atoms with E-state index in [0.29, 0.717) is 15.3 Å². The van der Waals surface area contributed by atoms with Gasteiger partial charge in [-0.2, -0.15) is 0 Å². The molecule has 0 aliphatic carbocycles. The van der Waals surface area contributed by atoms with E-state index in [0.717, 1.165) is 11.1 Å². The van der Waals surface area contributed by atoms with Crippen molar-refractivity contribution >= 4 is 50.7 Å².